The Labute approximate surface area is 189 Å². The van der Waals surface area contributed by atoms with Crippen molar-refractivity contribution in [2.45, 2.75) is 49.1 Å². The predicted molar refractivity (Wildman–Crippen MR) is 114 cm³/mol. The Kier molecular flexibility index (Phi) is 6.72. The summed E-state index contributed by atoms with van der Waals surface area (Å²) in [7, 11) is -3.93. The monoisotopic (exact) mass is 477 g/mol. The summed E-state index contributed by atoms with van der Waals surface area (Å²) in [5, 5.41) is 11.2. The molecule has 176 valence electrons. The van der Waals surface area contributed by atoms with Crippen molar-refractivity contribution in [3.63, 3.8) is 0 Å². The van der Waals surface area contributed by atoms with Crippen LogP contribution in [-0.2, 0) is 25.8 Å². The van der Waals surface area contributed by atoms with Crippen LogP contribution >= 0.6 is 0 Å². The molecule has 0 aliphatic rings. The van der Waals surface area contributed by atoms with Gasteiger partial charge in [-0.1, -0.05) is 12.1 Å². The molecule has 3 rings (SSSR count). The molecule has 0 saturated carbocycles. The second kappa shape index (κ2) is 9.32. The van der Waals surface area contributed by atoms with E-state index in [2.05, 4.69) is 25.3 Å². The molecule has 13 heteroatoms. The smallest absolute Gasteiger partial charge is 0.408 e. The first-order chi connectivity index (χ1) is 15.4. The molecule has 2 heterocycles. The molecule has 0 radical (unpaired) electrons. The topological polar surface area (TPSA) is 176 Å². The molecule has 0 aliphatic heterocycles. The first-order valence-electron chi connectivity index (χ1n) is 9.72. The molecular weight excluding hydrogens is 454 g/mol. The minimum absolute atomic E-state index is 0.0183. The summed E-state index contributed by atoms with van der Waals surface area (Å²) < 4.78 is 35.5. The van der Waals surface area contributed by atoms with Crippen LogP contribution in [0, 0.1) is 0 Å². The van der Waals surface area contributed by atoms with E-state index in [9.17, 15) is 23.1 Å². The number of carbonyl (C=O) groups is 2. The lowest BCUT2D eigenvalue weighted by atomic mass is 10.1. The Bertz CT molecular complexity index is 1210. The second-order valence-electron chi connectivity index (χ2n) is 7.94. The average Bonchev–Trinajstić information content (AvgIpc) is 3.40. The number of aliphatic carboxylic acids is 1. The molecule has 2 aromatic heterocycles. The standard InChI is InChI=1S/C20H23N5O7S/c1-20(2,3)32-19(28)24-14(16(26)27)10-12-4-6-13(7-5-12)31-15-11-23-18(25-15)33(29,30)17-21-8-9-22-17/h4-9,11,14H,10H2,1-3H3,(H,21,22)(H,23,25)(H,24,28)(H,26,27)/t14-/m0/s1. The van der Waals surface area contributed by atoms with E-state index in [1.165, 1.54) is 18.6 Å². The van der Waals surface area contributed by atoms with Crippen molar-refractivity contribution in [1.29, 1.82) is 0 Å². The summed E-state index contributed by atoms with van der Waals surface area (Å²) in [6, 6.07) is 5.21. The maximum Gasteiger partial charge on any atom is 0.408 e. The number of H-pyrrole nitrogens is 2. The third-order valence-electron chi connectivity index (χ3n) is 4.09. The van der Waals surface area contributed by atoms with Gasteiger partial charge in [0.2, 0.25) is 16.2 Å². The molecule has 0 aliphatic carbocycles. The van der Waals surface area contributed by atoms with E-state index in [0.29, 0.717) is 11.3 Å². The number of sulfone groups is 1. The van der Waals surface area contributed by atoms with Gasteiger partial charge in [0.1, 0.15) is 17.4 Å². The molecule has 1 aromatic carbocycles. The van der Waals surface area contributed by atoms with Gasteiger partial charge in [0, 0.05) is 18.8 Å². The molecule has 0 fully saturated rings. The van der Waals surface area contributed by atoms with Crippen LogP contribution in [0.15, 0.2) is 53.2 Å². The van der Waals surface area contributed by atoms with Crippen LogP contribution in [-0.4, -0.2) is 57.2 Å². The van der Waals surface area contributed by atoms with Gasteiger partial charge in [-0.05, 0) is 38.5 Å². The maximum atomic E-state index is 12.4. The van der Waals surface area contributed by atoms with E-state index in [1.807, 2.05) is 0 Å². The van der Waals surface area contributed by atoms with Crippen LogP contribution < -0.4 is 10.1 Å². The van der Waals surface area contributed by atoms with E-state index < -0.39 is 33.5 Å². The fourth-order valence-corrected chi connectivity index (χ4v) is 3.70. The highest BCUT2D eigenvalue weighted by molar-refractivity contribution is 7.91. The van der Waals surface area contributed by atoms with Crippen LogP contribution in [0.1, 0.15) is 26.3 Å². The lowest BCUT2D eigenvalue weighted by Gasteiger charge is -2.22. The molecular formula is C20H23N5O7S. The fraction of sp³-hybridized carbons (Fsp3) is 0.300. The first-order valence-corrected chi connectivity index (χ1v) is 11.2. The average molecular weight is 477 g/mol. The number of carboxylic acids is 1. The van der Waals surface area contributed by atoms with E-state index in [4.69, 9.17) is 9.47 Å². The largest absolute Gasteiger partial charge is 0.480 e. The van der Waals surface area contributed by atoms with Crippen molar-refractivity contribution in [2.24, 2.45) is 0 Å². The normalized spacial score (nSPS) is 12.7. The number of carboxylic acid groups (broad SMARTS) is 1. The van der Waals surface area contributed by atoms with Gasteiger partial charge in [0.25, 0.3) is 9.84 Å². The van der Waals surface area contributed by atoms with Gasteiger partial charge < -0.3 is 24.9 Å². The summed E-state index contributed by atoms with van der Waals surface area (Å²) in [5.74, 6) is -0.761. The maximum absolute atomic E-state index is 12.4. The van der Waals surface area contributed by atoms with Crippen molar-refractivity contribution in [3.8, 4) is 11.6 Å². The highest BCUT2D eigenvalue weighted by atomic mass is 32.2. The summed E-state index contributed by atoms with van der Waals surface area (Å²) >= 11 is 0. The Morgan fingerprint density at radius 3 is 2.42 bits per heavy atom. The minimum atomic E-state index is -3.93. The summed E-state index contributed by atoms with van der Waals surface area (Å²) in [5.41, 5.74) is -0.132. The molecule has 1 atom stereocenters. The number of carbonyl (C=O) groups excluding carboxylic acids is 1. The molecule has 4 N–H and O–H groups in total. The van der Waals surface area contributed by atoms with Crippen LogP contribution in [0.4, 0.5) is 4.79 Å². The zero-order valence-corrected chi connectivity index (χ0v) is 18.8. The van der Waals surface area contributed by atoms with Gasteiger partial charge in [-0.25, -0.2) is 28.0 Å². The Hall–Kier alpha value is -3.87. The van der Waals surface area contributed by atoms with Gasteiger partial charge in [-0.2, -0.15) is 0 Å². The molecule has 1 amide bonds. The number of ether oxygens (including phenoxy) is 2. The summed E-state index contributed by atoms with van der Waals surface area (Å²) in [6.07, 6.45) is 3.10. The number of alkyl carbamates (subject to hydrolysis) is 1. The van der Waals surface area contributed by atoms with Gasteiger partial charge in [0.05, 0.1) is 6.20 Å². The van der Waals surface area contributed by atoms with E-state index in [0.717, 1.165) is 0 Å². The SMILES string of the molecule is CC(C)(C)OC(=O)N[C@@H](Cc1ccc(Oc2cnc(S(=O)(=O)c3ncc[nH]3)[nH]2)cc1)C(=O)O. The molecule has 0 saturated heterocycles. The summed E-state index contributed by atoms with van der Waals surface area (Å²) in [6.45, 7) is 5.03. The number of rotatable bonds is 8. The molecule has 0 spiro atoms. The number of hydrogen-bond donors (Lipinski definition) is 4. The van der Waals surface area contributed by atoms with Crippen molar-refractivity contribution >= 4 is 21.9 Å². The summed E-state index contributed by atoms with van der Waals surface area (Å²) in [4.78, 5) is 36.0. The highest BCUT2D eigenvalue weighted by Crippen LogP contribution is 2.23. The Morgan fingerprint density at radius 2 is 1.85 bits per heavy atom. The van der Waals surface area contributed by atoms with E-state index in [1.54, 1.807) is 45.0 Å². The molecule has 3 aromatic rings. The van der Waals surface area contributed by atoms with Crippen LogP contribution in [0.3, 0.4) is 0 Å². The molecule has 0 unspecified atom stereocenters. The van der Waals surface area contributed by atoms with Crippen LogP contribution in [0.25, 0.3) is 0 Å². The number of benzene rings is 1. The number of aromatic nitrogens is 4. The van der Waals surface area contributed by atoms with Gasteiger partial charge in [-0.15, -0.1) is 0 Å². The number of aromatic amines is 2. The Morgan fingerprint density at radius 1 is 1.15 bits per heavy atom. The lowest BCUT2D eigenvalue weighted by molar-refractivity contribution is -0.139. The zero-order valence-electron chi connectivity index (χ0n) is 18.0. The minimum Gasteiger partial charge on any atom is -0.480 e. The highest BCUT2D eigenvalue weighted by Gasteiger charge is 2.25. The lowest BCUT2D eigenvalue weighted by Crippen LogP contribution is -2.44. The van der Waals surface area contributed by atoms with Gasteiger partial charge in [0.15, 0.2) is 0 Å². The molecule has 0 bridgehead atoms. The van der Waals surface area contributed by atoms with E-state index in [-0.39, 0.29) is 22.6 Å². The zero-order chi connectivity index (χ0) is 24.2. The predicted octanol–water partition coefficient (Wildman–Crippen LogP) is 2.28. The third kappa shape index (κ3) is 6.32. The molecule has 33 heavy (non-hydrogen) atoms. The number of nitrogens with one attached hydrogen (secondary N) is 3. The first kappa shape index (κ1) is 23.8. The molecule has 12 nitrogen and oxygen atoms in total. The van der Waals surface area contributed by atoms with Crippen molar-refractivity contribution in [3.05, 3.63) is 48.4 Å². The van der Waals surface area contributed by atoms with E-state index >= 15 is 0 Å². The van der Waals surface area contributed by atoms with Crippen molar-refractivity contribution in [1.82, 2.24) is 25.3 Å². The Balaban J connectivity index is 1.64. The van der Waals surface area contributed by atoms with Crippen molar-refractivity contribution in [2.75, 3.05) is 0 Å². The number of imidazole rings is 2. The fourth-order valence-electron chi connectivity index (χ4n) is 2.67. The second-order valence-corrected chi connectivity index (χ2v) is 9.72. The number of hydrogen-bond acceptors (Lipinski definition) is 8. The van der Waals surface area contributed by atoms with Crippen LogP contribution in [0.2, 0.25) is 0 Å². The number of amides is 1. The number of nitrogens with zero attached hydrogens (tertiary/aromatic N) is 2. The van der Waals surface area contributed by atoms with Crippen molar-refractivity contribution < 1.29 is 32.6 Å². The quantitative estimate of drug-likeness (QED) is 0.379. The van der Waals surface area contributed by atoms with Crippen LogP contribution in [0.5, 0.6) is 11.6 Å². The third-order valence-corrected chi connectivity index (χ3v) is 5.54. The van der Waals surface area contributed by atoms with Gasteiger partial charge >= 0.3 is 12.1 Å². The van der Waals surface area contributed by atoms with Gasteiger partial charge in [-0.3, -0.25) is 4.98 Å².